The Morgan fingerprint density at radius 1 is 1.21 bits per heavy atom. The molecular formula is C17H18ClNO5. The number of benzene rings is 1. The van der Waals surface area contributed by atoms with Crippen molar-refractivity contribution in [3.8, 4) is 0 Å². The Kier molecular flexibility index (Phi) is 3.34. The smallest absolute Gasteiger partial charge is 0.329 e. The van der Waals surface area contributed by atoms with Gasteiger partial charge < -0.3 is 19.1 Å². The van der Waals surface area contributed by atoms with Gasteiger partial charge in [-0.15, -0.1) is 0 Å². The zero-order valence-electron chi connectivity index (χ0n) is 13.5. The first kappa shape index (κ1) is 15.7. The maximum absolute atomic E-state index is 12.9. The number of fused-ring (bicyclic) bond motifs is 4. The quantitative estimate of drug-likeness (QED) is 0.525. The molecule has 0 aromatic heterocycles. The van der Waals surface area contributed by atoms with E-state index >= 15 is 0 Å². The Hall–Kier alpha value is -1.79. The number of carbonyl (C=O) groups is 2. The lowest BCUT2D eigenvalue weighted by atomic mass is 9.70. The molecule has 1 spiro atoms. The van der Waals surface area contributed by atoms with Gasteiger partial charge in [0.25, 0.3) is 5.79 Å². The van der Waals surface area contributed by atoms with Gasteiger partial charge in [0.05, 0.1) is 19.3 Å². The van der Waals surface area contributed by atoms with Crippen LogP contribution in [0, 0.1) is 5.41 Å². The Morgan fingerprint density at radius 3 is 2.62 bits per heavy atom. The molecule has 3 heterocycles. The summed E-state index contributed by atoms with van der Waals surface area (Å²) in [7, 11) is 0. The van der Waals surface area contributed by atoms with Crippen LogP contribution in [0.15, 0.2) is 18.2 Å². The number of rotatable bonds is 0. The minimum absolute atomic E-state index is 0.220. The molecule has 1 aromatic rings. The van der Waals surface area contributed by atoms with E-state index in [0.717, 1.165) is 11.3 Å². The summed E-state index contributed by atoms with van der Waals surface area (Å²) in [5.74, 6) is -2.35. The second-order valence-corrected chi connectivity index (χ2v) is 7.32. The largest absolute Gasteiger partial charge is 0.422 e. The van der Waals surface area contributed by atoms with Crippen LogP contribution in [-0.4, -0.2) is 43.5 Å². The molecule has 0 saturated carbocycles. The first-order valence-electron chi connectivity index (χ1n) is 7.93. The van der Waals surface area contributed by atoms with E-state index in [2.05, 4.69) is 0 Å². The molecule has 1 atom stereocenters. The molecule has 3 aliphatic rings. The van der Waals surface area contributed by atoms with Crippen molar-refractivity contribution in [3.63, 3.8) is 0 Å². The van der Waals surface area contributed by atoms with Crippen LogP contribution in [0.4, 0.5) is 5.69 Å². The molecule has 0 amide bonds. The summed E-state index contributed by atoms with van der Waals surface area (Å²) in [6.45, 7) is 4.47. The van der Waals surface area contributed by atoms with E-state index in [0.29, 0.717) is 18.2 Å². The summed E-state index contributed by atoms with van der Waals surface area (Å²) >= 11 is 6.14. The summed E-state index contributed by atoms with van der Waals surface area (Å²) in [6, 6.07) is 5.02. The zero-order valence-corrected chi connectivity index (χ0v) is 14.3. The van der Waals surface area contributed by atoms with Gasteiger partial charge in [0.15, 0.2) is 5.41 Å². The van der Waals surface area contributed by atoms with Crippen LogP contribution < -0.4 is 4.90 Å². The standard InChI is InChI=1S/C17H18ClNO5/c1-16(2)23-14(20)17(15(21)24-16)8-10-3-4-11(18)7-12(10)19-5-6-22-9-13(17)19/h3-4,7,13H,5-6,8-9H2,1-2H3. The number of hydrogen-bond acceptors (Lipinski definition) is 6. The van der Waals surface area contributed by atoms with Crippen LogP contribution in [-0.2, 0) is 30.2 Å². The van der Waals surface area contributed by atoms with E-state index in [9.17, 15) is 9.59 Å². The number of carbonyl (C=O) groups excluding carboxylic acids is 2. The van der Waals surface area contributed by atoms with Gasteiger partial charge in [-0.25, -0.2) is 0 Å². The summed E-state index contributed by atoms with van der Waals surface area (Å²) in [5, 5.41) is 0.616. The number of nitrogens with zero attached hydrogens (tertiary/aromatic N) is 1. The summed E-state index contributed by atoms with van der Waals surface area (Å²) in [6.07, 6.45) is 0.220. The van der Waals surface area contributed by atoms with E-state index in [4.69, 9.17) is 25.8 Å². The van der Waals surface area contributed by atoms with Gasteiger partial charge in [0.1, 0.15) is 0 Å². The maximum atomic E-state index is 12.9. The molecule has 3 aliphatic heterocycles. The van der Waals surface area contributed by atoms with Gasteiger partial charge in [0, 0.05) is 37.5 Å². The van der Waals surface area contributed by atoms with Crippen molar-refractivity contribution >= 4 is 29.2 Å². The molecule has 2 fully saturated rings. The molecule has 1 unspecified atom stereocenters. The van der Waals surface area contributed by atoms with E-state index in [-0.39, 0.29) is 13.0 Å². The van der Waals surface area contributed by atoms with Crippen LogP contribution in [0.25, 0.3) is 0 Å². The average molecular weight is 352 g/mol. The number of halogens is 1. The van der Waals surface area contributed by atoms with Crippen LogP contribution in [0.3, 0.4) is 0 Å². The Balaban J connectivity index is 1.86. The highest BCUT2D eigenvalue weighted by Crippen LogP contribution is 2.47. The SMILES string of the molecule is CC1(C)OC(=O)C2(Cc3ccc(Cl)cc3N3CCOCC32)C(=O)O1. The third-order valence-corrected chi connectivity index (χ3v) is 5.16. The number of cyclic esters (lactones) is 2. The van der Waals surface area contributed by atoms with E-state index in [1.54, 1.807) is 19.9 Å². The minimum Gasteiger partial charge on any atom is -0.422 e. The minimum atomic E-state index is -1.41. The number of esters is 2. The number of hydrogen-bond donors (Lipinski definition) is 0. The molecule has 2 saturated heterocycles. The Labute approximate surface area is 144 Å². The maximum Gasteiger partial charge on any atom is 0.329 e. The van der Waals surface area contributed by atoms with E-state index in [1.165, 1.54) is 0 Å². The van der Waals surface area contributed by atoms with Gasteiger partial charge in [-0.2, -0.15) is 0 Å². The fourth-order valence-corrected chi connectivity index (χ4v) is 3.99. The second-order valence-electron chi connectivity index (χ2n) is 6.88. The predicted molar refractivity (Wildman–Crippen MR) is 85.8 cm³/mol. The summed E-state index contributed by atoms with van der Waals surface area (Å²) in [4.78, 5) is 27.8. The third kappa shape index (κ3) is 2.13. The molecule has 128 valence electrons. The lowest BCUT2D eigenvalue weighted by Crippen LogP contribution is -2.68. The van der Waals surface area contributed by atoms with Gasteiger partial charge in [0.2, 0.25) is 0 Å². The molecule has 0 bridgehead atoms. The molecule has 0 N–H and O–H groups in total. The topological polar surface area (TPSA) is 65.1 Å². The third-order valence-electron chi connectivity index (χ3n) is 4.93. The number of anilines is 1. The van der Waals surface area contributed by atoms with Crippen molar-refractivity contribution in [2.24, 2.45) is 5.41 Å². The molecule has 1 aromatic carbocycles. The zero-order chi connectivity index (χ0) is 17.1. The van der Waals surface area contributed by atoms with E-state index < -0.39 is 29.2 Å². The van der Waals surface area contributed by atoms with Crippen LogP contribution in [0.1, 0.15) is 19.4 Å². The fraction of sp³-hybridized carbons (Fsp3) is 0.529. The van der Waals surface area contributed by atoms with Crippen LogP contribution in [0.2, 0.25) is 5.02 Å². The molecule has 7 heteroatoms. The lowest BCUT2D eigenvalue weighted by Gasteiger charge is -2.52. The van der Waals surface area contributed by atoms with Crippen molar-refractivity contribution in [2.45, 2.75) is 32.1 Å². The monoisotopic (exact) mass is 351 g/mol. The van der Waals surface area contributed by atoms with Gasteiger partial charge in [-0.05, 0) is 17.7 Å². The highest BCUT2D eigenvalue weighted by atomic mass is 35.5. The van der Waals surface area contributed by atoms with Crippen molar-refractivity contribution in [1.29, 1.82) is 0 Å². The highest BCUT2D eigenvalue weighted by molar-refractivity contribution is 6.30. The molecule has 4 rings (SSSR count). The molecule has 6 nitrogen and oxygen atoms in total. The first-order valence-corrected chi connectivity index (χ1v) is 8.31. The Bertz CT molecular complexity index is 712. The molecule has 0 aliphatic carbocycles. The van der Waals surface area contributed by atoms with E-state index in [1.807, 2.05) is 17.0 Å². The van der Waals surface area contributed by atoms with Gasteiger partial charge in [-0.3, -0.25) is 9.59 Å². The van der Waals surface area contributed by atoms with Gasteiger partial charge in [-0.1, -0.05) is 17.7 Å². The summed E-state index contributed by atoms with van der Waals surface area (Å²) < 4.78 is 16.4. The first-order chi connectivity index (χ1) is 11.3. The summed E-state index contributed by atoms with van der Waals surface area (Å²) in [5.41, 5.74) is 0.412. The second kappa shape index (κ2) is 5.10. The van der Waals surface area contributed by atoms with Crippen LogP contribution in [0.5, 0.6) is 0 Å². The lowest BCUT2D eigenvalue weighted by molar-refractivity contribution is -0.254. The van der Waals surface area contributed by atoms with Crippen molar-refractivity contribution in [3.05, 3.63) is 28.8 Å². The predicted octanol–water partition coefficient (Wildman–Crippen LogP) is 1.92. The Morgan fingerprint density at radius 2 is 1.92 bits per heavy atom. The van der Waals surface area contributed by atoms with Crippen molar-refractivity contribution < 1.29 is 23.8 Å². The van der Waals surface area contributed by atoms with Crippen molar-refractivity contribution in [2.75, 3.05) is 24.7 Å². The fourth-order valence-electron chi connectivity index (χ4n) is 3.82. The highest BCUT2D eigenvalue weighted by Gasteiger charge is 2.64. The van der Waals surface area contributed by atoms with Crippen molar-refractivity contribution in [1.82, 2.24) is 0 Å². The molecule has 24 heavy (non-hydrogen) atoms. The average Bonchev–Trinajstić information content (AvgIpc) is 2.52. The normalized spacial score (nSPS) is 27.1. The number of ether oxygens (including phenoxy) is 3. The molecular weight excluding hydrogens is 334 g/mol. The number of morpholine rings is 1. The van der Waals surface area contributed by atoms with Crippen LogP contribution >= 0.6 is 11.6 Å². The molecule has 0 radical (unpaired) electrons. The van der Waals surface area contributed by atoms with Gasteiger partial charge >= 0.3 is 11.9 Å².